The highest BCUT2D eigenvalue weighted by molar-refractivity contribution is 5.34. The van der Waals surface area contributed by atoms with Crippen LogP contribution in [0, 0.1) is 12.3 Å². The minimum atomic E-state index is -0.317. The van der Waals surface area contributed by atoms with Gasteiger partial charge in [-0.25, -0.2) is 0 Å². The van der Waals surface area contributed by atoms with Gasteiger partial charge in [0.15, 0.2) is 0 Å². The van der Waals surface area contributed by atoms with Crippen molar-refractivity contribution in [2.75, 3.05) is 0 Å². The van der Waals surface area contributed by atoms with Gasteiger partial charge in [0, 0.05) is 23.0 Å². The van der Waals surface area contributed by atoms with Gasteiger partial charge in [-0.15, -0.1) is 0 Å². The first-order valence-corrected chi connectivity index (χ1v) is 7.94. The topological polar surface area (TPSA) is 45.4 Å². The lowest BCUT2D eigenvalue weighted by Gasteiger charge is -2.36. The molecule has 1 aromatic heterocycles. The van der Waals surface area contributed by atoms with Crippen LogP contribution in [-0.2, 0) is 6.42 Å². The first-order chi connectivity index (χ1) is 9.37. The molecule has 0 bridgehead atoms. The maximum Gasteiger partial charge on any atom is 0.0812 e. The van der Waals surface area contributed by atoms with Crippen LogP contribution in [0.3, 0.4) is 0 Å². The fourth-order valence-electron chi connectivity index (χ4n) is 4.19. The summed E-state index contributed by atoms with van der Waals surface area (Å²) in [6.07, 6.45) is 5.40. The third-order valence-corrected chi connectivity index (χ3v) is 5.15. The second kappa shape index (κ2) is 4.88. The average molecular weight is 277 g/mol. The summed E-state index contributed by atoms with van der Waals surface area (Å²) in [6, 6.07) is 2.68. The predicted molar refractivity (Wildman–Crippen MR) is 79.7 cm³/mol. The van der Waals surface area contributed by atoms with Crippen LogP contribution < -0.4 is 0 Å². The Balaban J connectivity index is 1.96. The largest absolute Gasteiger partial charge is 0.393 e. The summed E-state index contributed by atoms with van der Waals surface area (Å²) < 4.78 is 2.46. The zero-order chi connectivity index (χ0) is 14.5. The standard InChI is InChI=1S/C17H27NO2/c1-11-8-14-15(9-17(2,3)10-16(14)20)18(11)12-4-6-13(19)7-5-12/h8,12-13,16,19-20H,4-7,9-10H2,1-3H3. The van der Waals surface area contributed by atoms with Crippen LogP contribution in [0.4, 0.5) is 0 Å². The molecule has 1 saturated carbocycles. The molecular formula is C17H27NO2. The number of rotatable bonds is 1. The quantitative estimate of drug-likeness (QED) is 0.827. The van der Waals surface area contributed by atoms with Gasteiger partial charge in [0.1, 0.15) is 0 Å². The summed E-state index contributed by atoms with van der Waals surface area (Å²) in [7, 11) is 0. The molecular weight excluding hydrogens is 250 g/mol. The highest BCUT2D eigenvalue weighted by Crippen LogP contribution is 2.44. The van der Waals surface area contributed by atoms with Crippen molar-refractivity contribution in [3.05, 3.63) is 23.0 Å². The zero-order valence-electron chi connectivity index (χ0n) is 12.9. The molecule has 2 aliphatic carbocycles. The molecule has 112 valence electrons. The zero-order valence-corrected chi connectivity index (χ0v) is 12.9. The summed E-state index contributed by atoms with van der Waals surface area (Å²) >= 11 is 0. The Morgan fingerprint density at radius 2 is 1.80 bits per heavy atom. The van der Waals surface area contributed by atoms with E-state index in [1.54, 1.807) is 0 Å². The van der Waals surface area contributed by atoms with E-state index in [2.05, 4.69) is 31.4 Å². The Labute approximate surface area is 121 Å². The molecule has 0 amide bonds. The SMILES string of the molecule is Cc1cc2c(n1C1CCC(O)CC1)CC(C)(C)CC2O. The van der Waals surface area contributed by atoms with E-state index in [1.165, 1.54) is 11.4 Å². The first-order valence-electron chi connectivity index (χ1n) is 7.94. The van der Waals surface area contributed by atoms with Crippen LogP contribution in [0.15, 0.2) is 6.07 Å². The van der Waals surface area contributed by atoms with Crippen LogP contribution in [-0.4, -0.2) is 20.9 Å². The summed E-state index contributed by atoms with van der Waals surface area (Å²) in [4.78, 5) is 0. The van der Waals surface area contributed by atoms with Crippen molar-refractivity contribution in [3.8, 4) is 0 Å². The van der Waals surface area contributed by atoms with Gasteiger partial charge in [0.05, 0.1) is 12.2 Å². The lowest BCUT2D eigenvalue weighted by molar-refractivity contribution is 0.0920. The van der Waals surface area contributed by atoms with Crippen LogP contribution in [0.1, 0.15) is 75.0 Å². The van der Waals surface area contributed by atoms with E-state index < -0.39 is 0 Å². The molecule has 1 fully saturated rings. The van der Waals surface area contributed by atoms with E-state index in [4.69, 9.17) is 0 Å². The Morgan fingerprint density at radius 3 is 2.45 bits per heavy atom. The highest BCUT2D eigenvalue weighted by atomic mass is 16.3. The fourth-order valence-corrected chi connectivity index (χ4v) is 4.19. The van der Waals surface area contributed by atoms with Gasteiger partial charge >= 0.3 is 0 Å². The highest BCUT2D eigenvalue weighted by Gasteiger charge is 2.35. The lowest BCUT2D eigenvalue weighted by Crippen LogP contribution is -2.29. The first kappa shape index (κ1) is 14.2. The second-order valence-electron chi connectivity index (χ2n) is 7.58. The molecule has 0 aromatic carbocycles. The molecule has 0 saturated heterocycles. The summed E-state index contributed by atoms with van der Waals surface area (Å²) in [5.41, 5.74) is 3.93. The third kappa shape index (κ3) is 2.42. The molecule has 2 aliphatic rings. The van der Waals surface area contributed by atoms with Gasteiger partial charge in [0.2, 0.25) is 0 Å². The molecule has 3 heteroatoms. The number of nitrogens with zero attached hydrogens (tertiary/aromatic N) is 1. The average Bonchev–Trinajstić information content (AvgIpc) is 2.66. The smallest absolute Gasteiger partial charge is 0.0812 e. The molecule has 20 heavy (non-hydrogen) atoms. The van der Waals surface area contributed by atoms with Crippen LogP contribution in [0.2, 0.25) is 0 Å². The van der Waals surface area contributed by atoms with Crippen LogP contribution in [0.5, 0.6) is 0 Å². The molecule has 3 nitrogen and oxygen atoms in total. The van der Waals surface area contributed by atoms with E-state index >= 15 is 0 Å². The van der Waals surface area contributed by atoms with Crippen LogP contribution >= 0.6 is 0 Å². The van der Waals surface area contributed by atoms with Crippen molar-refractivity contribution in [1.29, 1.82) is 0 Å². The molecule has 1 atom stereocenters. The Bertz CT molecular complexity index is 495. The van der Waals surface area contributed by atoms with Gasteiger partial charge in [-0.2, -0.15) is 0 Å². The number of aliphatic hydroxyl groups excluding tert-OH is 2. The number of aryl methyl sites for hydroxylation is 1. The van der Waals surface area contributed by atoms with Gasteiger partial charge in [0.25, 0.3) is 0 Å². The van der Waals surface area contributed by atoms with Crippen molar-refractivity contribution in [3.63, 3.8) is 0 Å². The summed E-state index contributed by atoms with van der Waals surface area (Å²) in [5, 5.41) is 20.1. The number of fused-ring (bicyclic) bond motifs is 1. The van der Waals surface area contributed by atoms with Gasteiger partial charge in [-0.3, -0.25) is 0 Å². The summed E-state index contributed by atoms with van der Waals surface area (Å²) in [5.74, 6) is 0. The molecule has 1 heterocycles. The Morgan fingerprint density at radius 1 is 1.15 bits per heavy atom. The third-order valence-electron chi connectivity index (χ3n) is 5.15. The number of aromatic nitrogens is 1. The van der Waals surface area contributed by atoms with Crippen molar-refractivity contribution >= 4 is 0 Å². The molecule has 1 aromatic rings. The van der Waals surface area contributed by atoms with Gasteiger partial charge in [-0.05, 0) is 56.9 Å². The van der Waals surface area contributed by atoms with E-state index in [0.717, 1.165) is 44.1 Å². The lowest BCUT2D eigenvalue weighted by atomic mass is 9.75. The molecule has 0 aliphatic heterocycles. The van der Waals surface area contributed by atoms with E-state index in [9.17, 15) is 10.2 Å². The van der Waals surface area contributed by atoms with Crippen LogP contribution in [0.25, 0.3) is 0 Å². The normalized spacial score (nSPS) is 33.0. The van der Waals surface area contributed by atoms with Gasteiger partial charge < -0.3 is 14.8 Å². The second-order valence-corrected chi connectivity index (χ2v) is 7.58. The fraction of sp³-hybridized carbons (Fsp3) is 0.765. The summed E-state index contributed by atoms with van der Waals surface area (Å²) in [6.45, 7) is 6.65. The van der Waals surface area contributed by atoms with E-state index in [-0.39, 0.29) is 17.6 Å². The van der Waals surface area contributed by atoms with E-state index in [0.29, 0.717) is 6.04 Å². The predicted octanol–water partition coefficient (Wildman–Crippen LogP) is 3.28. The maximum atomic E-state index is 10.4. The number of hydrogen-bond acceptors (Lipinski definition) is 2. The minimum absolute atomic E-state index is 0.111. The van der Waals surface area contributed by atoms with Gasteiger partial charge in [-0.1, -0.05) is 13.8 Å². The number of aliphatic hydroxyl groups is 2. The van der Waals surface area contributed by atoms with Crippen molar-refractivity contribution < 1.29 is 10.2 Å². The Hall–Kier alpha value is -0.800. The molecule has 0 radical (unpaired) electrons. The maximum absolute atomic E-state index is 10.4. The van der Waals surface area contributed by atoms with Crippen molar-refractivity contribution in [1.82, 2.24) is 4.57 Å². The van der Waals surface area contributed by atoms with Crippen molar-refractivity contribution in [2.24, 2.45) is 5.41 Å². The number of hydrogen-bond donors (Lipinski definition) is 2. The molecule has 1 unspecified atom stereocenters. The Kier molecular flexibility index (Phi) is 3.46. The molecule has 2 N–H and O–H groups in total. The van der Waals surface area contributed by atoms with Crippen molar-refractivity contribution in [2.45, 2.75) is 77.5 Å². The molecule has 3 rings (SSSR count). The monoisotopic (exact) mass is 277 g/mol. The molecule has 0 spiro atoms. The van der Waals surface area contributed by atoms with E-state index in [1.807, 2.05) is 0 Å². The minimum Gasteiger partial charge on any atom is -0.393 e.